The van der Waals surface area contributed by atoms with E-state index >= 15 is 0 Å². The van der Waals surface area contributed by atoms with Gasteiger partial charge in [-0.2, -0.15) is 0 Å². The SMILES string of the molecule is CCOC(=O)C1C(C(=O)NC(C)(C)C)C(=O)N(C)C(=O)N1C. The Balaban J connectivity index is 3.20. The van der Waals surface area contributed by atoms with Crippen molar-refractivity contribution in [2.75, 3.05) is 20.7 Å². The van der Waals surface area contributed by atoms with Gasteiger partial charge in [-0.05, 0) is 27.7 Å². The van der Waals surface area contributed by atoms with Crippen molar-refractivity contribution in [3.05, 3.63) is 0 Å². The largest absolute Gasteiger partial charge is 0.464 e. The minimum absolute atomic E-state index is 0.0923. The number of carbonyl (C=O) groups excluding carboxylic acids is 4. The van der Waals surface area contributed by atoms with Crippen LogP contribution in [0.5, 0.6) is 0 Å². The van der Waals surface area contributed by atoms with E-state index in [4.69, 9.17) is 4.74 Å². The summed E-state index contributed by atoms with van der Waals surface area (Å²) in [7, 11) is 2.64. The first-order valence-electron chi connectivity index (χ1n) is 7.04. The van der Waals surface area contributed by atoms with Crippen LogP contribution in [0.4, 0.5) is 4.79 Å². The highest BCUT2D eigenvalue weighted by Gasteiger charge is 2.51. The molecule has 0 aromatic carbocycles. The fourth-order valence-corrected chi connectivity index (χ4v) is 2.24. The van der Waals surface area contributed by atoms with Crippen LogP contribution >= 0.6 is 0 Å². The van der Waals surface area contributed by atoms with Crippen molar-refractivity contribution in [3.8, 4) is 0 Å². The highest BCUT2D eigenvalue weighted by molar-refractivity contribution is 6.12. The van der Waals surface area contributed by atoms with Gasteiger partial charge < -0.3 is 15.0 Å². The molecule has 1 saturated heterocycles. The summed E-state index contributed by atoms with van der Waals surface area (Å²) in [6, 6.07) is -1.92. The van der Waals surface area contributed by atoms with Gasteiger partial charge in [-0.25, -0.2) is 9.59 Å². The highest BCUT2D eigenvalue weighted by atomic mass is 16.5. The molecule has 4 amide bonds. The molecule has 1 N–H and O–H groups in total. The second-order valence-corrected chi connectivity index (χ2v) is 6.20. The molecule has 0 aromatic heterocycles. The van der Waals surface area contributed by atoms with Crippen molar-refractivity contribution in [1.82, 2.24) is 15.1 Å². The lowest BCUT2D eigenvalue weighted by atomic mass is 9.92. The third-order valence-corrected chi connectivity index (χ3v) is 3.23. The van der Waals surface area contributed by atoms with Gasteiger partial charge in [-0.15, -0.1) is 0 Å². The van der Waals surface area contributed by atoms with E-state index in [1.807, 2.05) is 0 Å². The predicted molar refractivity (Wildman–Crippen MR) is 77.7 cm³/mol. The summed E-state index contributed by atoms with van der Waals surface area (Å²) in [5, 5.41) is 2.67. The van der Waals surface area contributed by atoms with Gasteiger partial charge in [0.15, 0.2) is 6.04 Å². The molecule has 0 saturated carbocycles. The van der Waals surface area contributed by atoms with Crippen LogP contribution in [0.15, 0.2) is 0 Å². The molecular weight excluding hydrogens is 290 g/mol. The van der Waals surface area contributed by atoms with Gasteiger partial charge in [0.25, 0.3) is 0 Å². The maximum Gasteiger partial charge on any atom is 0.330 e. The first-order chi connectivity index (χ1) is 10.0. The third-order valence-electron chi connectivity index (χ3n) is 3.23. The zero-order valence-corrected chi connectivity index (χ0v) is 13.8. The number of urea groups is 1. The Morgan fingerprint density at radius 1 is 1.23 bits per heavy atom. The molecule has 1 fully saturated rings. The van der Waals surface area contributed by atoms with E-state index in [1.54, 1.807) is 27.7 Å². The minimum atomic E-state index is -1.33. The summed E-state index contributed by atoms with van der Waals surface area (Å²) in [4.78, 5) is 50.8. The number of amides is 4. The predicted octanol–water partition coefficient (Wildman–Crippen LogP) is -0.0272. The topological polar surface area (TPSA) is 96.0 Å². The van der Waals surface area contributed by atoms with Crippen molar-refractivity contribution in [3.63, 3.8) is 0 Å². The first kappa shape index (κ1) is 17.9. The molecule has 0 bridgehead atoms. The number of ether oxygens (including phenoxy) is 1. The Labute approximate surface area is 129 Å². The van der Waals surface area contributed by atoms with Crippen LogP contribution in [-0.4, -0.2) is 65.9 Å². The van der Waals surface area contributed by atoms with Crippen molar-refractivity contribution in [2.24, 2.45) is 5.92 Å². The zero-order valence-electron chi connectivity index (χ0n) is 13.8. The van der Waals surface area contributed by atoms with Crippen LogP contribution in [-0.2, 0) is 19.1 Å². The average Bonchev–Trinajstić information content (AvgIpc) is 2.38. The monoisotopic (exact) mass is 313 g/mol. The smallest absolute Gasteiger partial charge is 0.330 e. The third kappa shape index (κ3) is 3.55. The van der Waals surface area contributed by atoms with Gasteiger partial charge in [0, 0.05) is 19.6 Å². The van der Waals surface area contributed by atoms with Gasteiger partial charge in [-0.3, -0.25) is 14.5 Å². The Morgan fingerprint density at radius 3 is 2.23 bits per heavy atom. The molecule has 8 heteroatoms. The van der Waals surface area contributed by atoms with Crippen LogP contribution in [0, 0.1) is 5.92 Å². The molecule has 2 unspecified atom stereocenters. The molecule has 124 valence electrons. The Hall–Kier alpha value is -2.12. The summed E-state index contributed by atoms with van der Waals surface area (Å²) >= 11 is 0. The summed E-state index contributed by atoms with van der Waals surface area (Å²) in [6.45, 7) is 6.98. The van der Waals surface area contributed by atoms with Crippen LogP contribution in [0.25, 0.3) is 0 Å². The van der Waals surface area contributed by atoms with Crippen molar-refractivity contribution in [2.45, 2.75) is 39.3 Å². The van der Waals surface area contributed by atoms with Crippen molar-refractivity contribution >= 4 is 23.8 Å². The number of hydrogen-bond donors (Lipinski definition) is 1. The van der Waals surface area contributed by atoms with Crippen molar-refractivity contribution in [1.29, 1.82) is 0 Å². The fraction of sp³-hybridized carbons (Fsp3) is 0.714. The summed E-state index contributed by atoms with van der Waals surface area (Å²) in [5.74, 6) is -3.43. The standard InChI is InChI=1S/C14H23N3O5/c1-7-22-12(20)9-8(10(18)15-14(2,3)4)11(19)17(6)13(21)16(9)5/h8-9H,7H2,1-6H3,(H,15,18). The average molecular weight is 313 g/mol. The second kappa shape index (κ2) is 6.33. The van der Waals surface area contributed by atoms with Crippen LogP contribution in [0.3, 0.4) is 0 Å². The summed E-state index contributed by atoms with van der Waals surface area (Å²) in [6.07, 6.45) is 0. The van der Waals surface area contributed by atoms with Crippen molar-refractivity contribution < 1.29 is 23.9 Å². The van der Waals surface area contributed by atoms with E-state index in [0.717, 1.165) is 9.80 Å². The number of esters is 1. The molecule has 8 nitrogen and oxygen atoms in total. The van der Waals surface area contributed by atoms with Crippen LogP contribution < -0.4 is 5.32 Å². The Kier molecular flexibility index (Phi) is 5.16. The number of nitrogens with one attached hydrogen (secondary N) is 1. The number of hydrogen-bond acceptors (Lipinski definition) is 5. The molecule has 1 aliphatic heterocycles. The van der Waals surface area contributed by atoms with Gasteiger partial charge in [-0.1, -0.05) is 0 Å². The van der Waals surface area contributed by atoms with Gasteiger partial charge in [0.05, 0.1) is 6.61 Å². The fourth-order valence-electron chi connectivity index (χ4n) is 2.24. The summed E-state index contributed by atoms with van der Waals surface area (Å²) in [5.41, 5.74) is -0.574. The Bertz CT molecular complexity index is 497. The van der Waals surface area contributed by atoms with Crippen LogP contribution in [0.2, 0.25) is 0 Å². The van der Waals surface area contributed by atoms with E-state index in [2.05, 4.69) is 5.32 Å². The van der Waals surface area contributed by atoms with Gasteiger partial charge in [0.1, 0.15) is 5.92 Å². The minimum Gasteiger partial charge on any atom is -0.464 e. The maximum atomic E-state index is 12.4. The molecule has 0 spiro atoms. The number of rotatable bonds is 3. The van der Waals surface area contributed by atoms with Gasteiger partial charge in [0.2, 0.25) is 11.8 Å². The molecule has 22 heavy (non-hydrogen) atoms. The molecule has 1 rings (SSSR count). The second-order valence-electron chi connectivity index (χ2n) is 6.20. The maximum absolute atomic E-state index is 12.4. The Morgan fingerprint density at radius 2 is 1.77 bits per heavy atom. The zero-order chi connectivity index (χ0) is 17.2. The van der Waals surface area contributed by atoms with E-state index in [1.165, 1.54) is 14.1 Å². The van der Waals surface area contributed by atoms with E-state index in [9.17, 15) is 19.2 Å². The number of likely N-dealkylation sites (N-methyl/N-ethyl adjacent to an activating group) is 1. The highest BCUT2D eigenvalue weighted by Crippen LogP contribution is 2.23. The van der Waals surface area contributed by atoms with Crippen LogP contribution in [0.1, 0.15) is 27.7 Å². The summed E-state index contributed by atoms with van der Waals surface area (Å²) < 4.78 is 4.91. The molecular formula is C14H23N3O5. The first-order valence-corrected chi connectivity index (χ1v) is 7.04. The number of nitrogens with zero attached hydrogens (tertiary/aromatic N) is 2. The lowest BCUT2D eigenvalue weighted by Gasteiger charge is -2.40. The molecule has 1 aliphatic rings. The van der Waals surface area contributed by atoms with E-state index < -0.39 is 41.3 Å². The molecule has 0 aromatic rings. The quantitative estimate of drug-likeness (QED) is 0.583. The molecule has 0 aliphatic carbocycles. The normalized spacial score (nSPS) is 22.6. The lowest BCUT2D eigenvalue weighted by molar-refractivity contribution is -0.161. The number of carbonyl (C=O) groups is 4. The molecule has 2 atom stereocenters. The van der Waals surface area contributed by atoms with E-state index in [0.29, 0.717) is 0 Å². The number of imide groups is 1. The lowest BCUT2D eigenvalue weighted by Crippen LogP contribution is -2.66. The van der Waals surface area contributed by atoms with E-state index in [-0.39, 0.29) is 6.61 Å². The van der Waals surface area contributed by atoms with Gasteiger partial charge >= 0.3 is 12.0 Å². The molecule has 0 radical (unpaired) electrons. The molecule has 1 heterocycles.